The van der Waals surface area contributed by atoms with Crippen LogP contribution in [-0.2, 0) is 0 Å². The number of hydrogen-bond acceptors (Lipinski definition) is 5. The first kappa shape index (κ1) is 13.9. The molecule has 0 atom stereocenters. The summed E-state index contributed by atoms with van der Waals surface area (Å²) in [6.45, 7) is 0. The van der Waals surface area contributed by atoms with Gasteiger partial charge < -0.3 is 20.2 Å². The lowest BCUT2D eigenvalue weighted by Crippen LogP contribution is -2.13. The van der Waals surface area contributed by atoms with Crippen LogP contribution >= 0.6 is 0 Å². The second-order valence-electron chi connectivity index (χ2n) is 4.70. The molecule has 1 heterocycles. The Morgan fingerprint density at radius 3 is 2.41 bits per heavy atom. The zero-order chi connectivity index (χ0) is 15.7. The summed E-state index contributed by atoms with van der Waals surface area (Å²) < 4.78 is 10.5. The summed E-state index contributed by atoms with van der Waals surface area (Å²) in [6, 6.07) is 10.9. The number of nitrogen functional groups attached to an aromatic ring is 1. The normalized spacial score (nSPS) is 10.6. The van der Waals surface area contributed by atoms with Gasteiger partial charge in [-0.25, -0.2) is 4.98 Å². The van der Waals surface area contributed by atoms with E-state index in [0.29, 0.717) is 33.9 Å². The molecule has 0 spiro atoms. The van der Waals surface area contributed by atoms with Crippen molar-refractivity contribution in [2.24, 2.45) is 0 Å². The summed E-state index contributed by atoms with van der Waals surface area (Å²) in [5.74, 6) is 0.906. The van der Waals surface area contributed by atoms with Gasteiger partial charge in [-0.2, -0.15) is 0 Å². The predicted molar refractivity (Wildman–Crippen MR) is 85.3 cm³/mol. The number of anilines is 1. The van der Waals surface area contributed by atoms with Gasteiger partial charge in [0.2, 0.25) is 0 Å². The highest BCUT2D eigenvalue weighted by Crippen LogP contribution is 2.35. The minimum absolute atomic E-state index is 0.316. The number of aromatic amines is 1. The highest BCUT2D eigenvalue weighted by Gasteiger charge is 2.16. The number of rotatable bonds is 3. The van der Waals surface area contributed by atoms with E-state index in [1.54, 1.807) is 6.07 Å². The highest BCUT2D eigenvalue weighted by molar-refractivity contribution is 5.95. The number of hydrogen-bond donors (Lipinski definition) is 2. The third kappa shape index (κ3) is 2.14. The van der Waals surface area contributed by atoms with Crippen LogP contribution in [0.2, 0.25) is 0 Å². The van der Waals surface area contributed by atoms with Crippen LogP contribution in [-0.4, -0.2) is 24.2 Å². The molecule has 6 heteroatoms. The molecule has 22 heavy (non-hydrogen) atoms. The van der Waals surface area contributed by atoms with E-state index in [0.717, 1.165) is 5.56 Å². The molecule has 0 aliphatic carbocycles. The molecule has 0 radical (unpaired) electrons. The molecule has 0 unspecified atom stereocenters. The first-order valence-electron chi connectivity index (χ1n) is 6.65. The molecular formula is C16H15N3O3. The summed E-state index contributed by atoms with van der Waals surface area (Å²) in [5.41, 5.74) is 7.95. The van der Waals surface area contributed by atoms with E-state index < -0.39 is 0 Å². The molecule has 0 saturated carbocycles. The second kappa shape index (κ2) is 5.40. The largest absolute Gasteiger partial charge is 0.494 e. The van der Waals surface area contributed by atoms with Crippen molar-refractivity contribution in [2.75, 3.05) is 20.0 Å². The molecule has 2 aromatic carbocycles. The SMILES string of the molecule is COc1cc(OC)c2nc(-c3ccccc3)c(=O)[nH]c2c1N. The van der Waals surface area contributed by atoms with Gasteiger partial charge in [0.25, 0.3) is 5.56 Å². The lowest BCUT2D eigenvalue weighted by atomic mass is 10.1. The highest BCUT2D eigenvalue weighted by atomic mass is 16.5. The molecule has 6 nitrogen and oxygen atoms in total. The Labute approximate surface area is 126 Å². The number of fused-ring (bicyclic) bond motifs is 1. The topological polar surface area (TPSA) is 90.2 Å². The molecule has 0 bridgehead atoms. The zero-order valence-electron chi connectivity index (χ0n) is 12.2. The maximum atomic E-state index is 12.3. The number of aromatic nitrogens is 2. The van der Waals surface area contributed by atoms with Crippen LogP contribution < -0.4 is 20.8 Å². The van der Waals surface area contributed by atoms with Gasteiger partial charge in [-0.05, 0) is 0 Å². The Bertz CT molecular complexity index is 889. The molecule has 0 fully saturated rings. The Hall–Kier alpha value is -3.02. The fourth-order valence-corrected chi connectivity index (χ4v) is 2.33. The Kier molecular flexibility index (Phi) is 3.42. The summed E-state index contributed by atoms with van der Waals surface area (Å²) in [5, 5.41) is 0. The van der Waals surface area contributed by atoms with Crippen molar-refractivity contribution in [3.63, 3.8) is 0 Å². The van der Waals surface area contributed by atoms with Crippen LogP contribution in [0.1, 0.15) is 0 Å². The minimum atomic E-state index is -0.319. The van der Waals surface area contributed by atoms with Gasteiger partial charge in [0.05, 0.1) is 19.7 Å². The smallest absolute Gasteiger partial charge is 0.275 e. The molecule has 1 aromatic heterocycles. The van der Waals surface area contributed by atoms with Crippen molar-refractivity contribution in [2.45, 2.75) is 0 Å². The molecule has 3 aromatic rings. The van der Waals surface area contributed by atoms with Crippen LogP contribution in [0.4, 0.5) is 5.69 Å². The second-order valence-corrected chi connectivity index (χ2v) is 4.70. The number of benzene rings is 2. The van der Waals surface area contributed by atoms with Gasteiger partial charge >= 0.3 is 0 Å². The lowest BCUT2D eigenvalue weighted by molar-refractivity contribution is 0.398. The Morgan fingerprint density at radius 1 is 1.09 bits per heavy atom. The van der Waals surface area contributed by atoms with Crippen LogP contribution in [0.5, 0.6) is 11.5 Å². The molecular weight excluding hydrogens is 282 g/mol. The first-order valence-corrected chi connectivity index (χ1v) is 6.65. The van der Waals surface area contributed by atoms with Crippen LogP contribution in [0.3, 0.4) is 0 Å². The number of ether oxygens (including phenoxy) is 2. The lowest BCUT2D eigenvalue weighted by Gasteiger charge is -2.12. The number of nitrogens with zero attached hydrogens (tertiary/aromatic N) is 1. The monoisotopic (exact) mass is 297 g/mol. The van der Waals surface area contributed by atoms with Crippen LogP contribution in [0.15, 0.2) is 41.2 Å². The van der Waals surface area contributed by atoms with Gasteiger partial charge in [0, 0.05) is 11.6 Å². The average molecular weight is 297 g/mol. The van der Waals surface area contributed by atoms with Gasteiger partial charge in [-0.3, -0.25) is 4.79 Å². The Balaban J connectivity index is 2.37. The van der Waals surface area contributed by atoms with Crippen molar-refractivity contribution in [1.82, 2.24) is 9.97 Å². The van der Waals surface area contributed by atoms with Gasteiger partial charge in [0.1, 0.15) is 28.4 Å². The van der Waals surface area contributed by atoms with E-state index in [-0.39, 0.29) is 5.56 Å². The van der Waals surface area contributed by atoms with E-state index in [2.05, 4.69) is 9.97 Å². The van der Waals surface area contributed by atoms with E-state index >= 15 is 0 Å². The number of nitrogens with one attached hydrogen (secondary N) is 1. The number of H-pyrrole nitrogens is 1. The van der Waals surface area contributed by atoms with Crippen molar-refractivity contribution in [3.8, 4) is 22.8 Å². The molecule has 0 aliphatic heterocycles. The van der Waals surface area contributed by atoms with Crippen LogP contribution in [0, 0.1) is 0 Å². The molecule has 0 aliphatic rings. The van der Waals surface area contributed by atoms with Crippen molar-refractivity contribution < 1.29 is 9.47 Å². The number of nitrogens with two attached hydrogens (primary N) is 1. The third-order valence-electron chi connectivity index (χ3n) is 3.43. The van der Waals surface area contributed by atoms with E-state index in [9.17, 15) is 4.79 Å². The fourth-order valence-electron chi connectivity index (χ4n) is 2.33. The van der Waals surface area contributed by atoms with Gasteiger partial charge in [0.15, 0.2) is 0 Å². The van der Waals surface area contributed by atoms with E-state index in [1.165, 1.54) is 14.2 Å². The number of methoxy groups -OCH3 is 2. The average Bonchev–Trinajstić information content (AvgIpc) is 2.56. The van der Waals surface area contributed by atoms with E-state index in [4.69, 9.17) is 15.2 Å². The van der Waals surface area contributed by atoms with Crippen molar-refractivity contribution >= 4 is 16.7 Å². The maximum Gasteiger partial charge on any atom is 0.275 e. The summed E-state index contributed by atoms with van der Waals surface area (Å²) in [6.07, 6.45) is 0. The molecule has 112 valence electrons. The van der Waals surface area contributed by atoms with Crippen molar-refractivity contribution in [1.29, 1.82) is 0 Å². The van der Waals surface area contributed by atoms with Crippen LogP contribution in [0.25, 0.3) is 22.3 Å². The fraction of sp³-hybridized carbons (Fsp3) is 0.125. The molecule has 0 amide bonds. The quantitative estimate of drug-likeness (QED) is 0.723. The summed E-state index contributed by atoms with van der Waals surface area (Å²) in [7, 11) is 3.03. The Morgan fingerprint density at radius 2 is 1.77 bits per heavy atom. The molecule has 3 rings (SSSR count). The predicted octanol–water partition coefficient (Wildman–Crippen LogP) is 2.19. The third-order valence-corrected chi connectivity index (χ3v) is 3.43. The standard InChI is InChI=1S/C16H15N3O3/c1-21-10-8-11(22-2)14-15(12(10)17)19-16(20)13(18-14)9-6-4-3-5-7-9/h3-8H,17H2,1-2H3,(H,19,20). The zero-order valence-corrected chi connectivity index (χ0v) is 12.2. The molecule has 3 N–H and O–H groups in total. The minimum Gasteiger partial charge on any atom is -0.494 e. The first-order chi connectivity index (χ1) is 10.7. The van der Waals surface area contributed by atoms with Gasteiger partial charge in [-0.15, -0.1) is 0 Å². The summed E-state index contributed by atoms with van der Waals surface area (Å²) in [4.78, 5) is 19.5. The maximum absolute atomic E-state index is 12.3. The molecule has 0 saturated heterocycles. The van der Waals surface area contributed by atoms with Crippen molar-refractivity contribution in [3.05, 3.63) is 46.8 Å². The van der Waals surface area contributed by atoms with Gasteiger partial charge in [-0.1, -0.05) is 30.3 Å². The van der Waals surface area contributed by atoms with E-state index in [1.807, 2.05) is 30.3 Å². The summed E-state index contributed by atoms with van der Waals surface area (Å²) >= 11 is 0.